The molecular formula is C18H24N2S. The Balaban J connectivity index is 1.56. The van der Waals surface area contributed by atoms with Gasteiger partial charge in [-0.15, -0.1) is 11.3 Å². The zero-order chi connectivity index (χ0) is 14.2. The van der Waals surface area contributed by atoms with Crippen molar-refractivity contribution < 1.29 is 0 Å². The highest BCUT2D eigenvalue weighted by molar-refractivity contribution is 7.19. The van der Waals surface area contributed by atoms with Crippen LogP contribution in [0.1, 0.15) is 43.5 Å². The Bertz CT molecular complexity index is 577. The van der Waals surface area contributed by atoms with Crippen molar-refractivity contribution in [3.63, 3.8) is 0 Å². The predicted molar refractivity (Wildman–Crippen MR) is 91.0 cm³/mol. The molecule has 0 spiro atoms. The van der Waals surface area contributed by atoms with Crippen molar-refractivity contribution in [1.82, 2.24) is 10.2 Å². The van der Waals surface area contributed by atoms with Gasteiger partial charge in [-0.25, -0.2) is 0 Å². The summed E-state index contributed by atoms with van der Waals surface area (Å²) < 4.78 is 1.43. The molecule has 1 aromatic carbocycles. The highest BCUT2D eigenvalue weighted by atomic mass is 32.1. The van der Waals surface area contributed by atoms with Crippen LogP contribution in [-0.4, -0.2) is 30.1 Å². The zero-order valence-electron chi connectivity index (χ0n) is 12.7. The molecule has 1 aliphatic heterocycles. The largest absolute Gasteiger partial charge is 0.313 e. The molecule has 1 saturated heterocycles. The van der Waals surface area contributed by atoms with Crippen molar-refractivity contribution in [2.75, 3.05) is 13.1 Å². The maximum absolute atomic E-state index is 3.66. The van der Waals surface area contributed by atoms with Crippen LogP contribution in [0, 0.1) is 0 Å². The van der Waals surface area contributed by atoms with Gasteiger partial charge < -0.3 is 5.32 Å². The maximum atomic E-state index is 3.66. The number of benzene rings is 1. The number of nitrogens with one attached hydrogen (secondary N) is 1. The highest BCUT2D eigenvalue weighted by Gasteiger charge is 2.35. The molecule has 2 unspecified atom stereocenters. The monoisotopic (exact) mass is 300 g/mol. The molecule has 0 radical (unpaired) electrons. The Hall–Kier alpha value is -0.900. The normalized spacial score (nSPS) is 24.0. The molecule has 4 rings (SSSR count). The van der Waals surface area contributed by atoms with E-state index in [0.29, 0.717) is 12.1 Å². The van der Waals surface area contributed by atoms with Crippen molar-refractivity contribution in [1.29, 1.82) is 0 Å². The topological polar surface area (TPSA) is 15.3 Å². The second kappa shape index (κ2) is 5.71. The average Bonchev–Trinajstić information content (AvgIpc) is 3.04. The molecule has 2 aromatic rings. The lowest BCUT2D eigenvalue weighted by Crippen LogP contribution is -2.40. The summed E-state index contributed by atoms with van der Waals surface area (Å²) in [6, 6.07) is 13.3. The van der Waals surface area contributed by atoms with E-state index in [0.717, 1.165) is 6.04 Å². The van der Waals surface area contributed by atoms with Crippen molar-refractivity contribution >= 4 is 21.4 Å². The molecule has 2 aliphatic rings. The Labute approximate surface area is 131 Å². The molecule has 112 valence electrons. The molecule has 2 heterocycles. The van der Waals surface area contributed by atoms with Crippen molar-refractivity contribution in [2.24, 2.45) is 0 Å². The summed E-state index contributed by atoms with van der Waals surface area (Å²) in [6.07, 6.45) is 5.48. The molecule has 2 nitrogen and oxygen atoms in total. The Morgan fingerprint density at radius 3 is 2.86 bits per heavy atom. The van der Waals surface area contributed by atoms with Crippen LogP contribution in [0.25, 0.3) is 10.1 Å². The van der Waals surface area contributed by atoms with Crippen molar-refractivity contribution in [2.45, 2.75) is 50.7 Å². The summed E-state index contributed by atoms with van der Waals surface area (Å²) in [6.45, 7) is 4.83. The van der Waals surface area contributed by atoms with E-state index in [4.69, 9.17) is 0 Å². The zero-order valence-corrected chi connectivity index (χ0v) is 13.5. The summed E-state index contributed by atoms with van der Waals surface area (Å²) in [4.78, 5) is 4.29. The predicted octanol–water partition coefficient (Wildman–Crippen LogP) is 4.18. The van der Waals surface area contributed by atoms with Crippen LogP contribution >= 0.6 is 11.3 Å². The first-order valence-electron chi connectivity index (χ1n) is 8.29. The molecule has 21 heavy (non-hydrogen) atoms. The van der Waals surface area contributed by atoms with Gasteiger partial charge in [-0.1, -0.05) is 18.2 Å². The summed E-state index contributed by atoms with van der Waals surface area (Å²) in [5.41, 5.74) is 0. The summed E-state index contributed by atoms with van der Waals surface area (Å²) in [7, 11) is 0. The second-order valence-electron chi connectivity index (χ2n) is 6.58. The van der Waals surface area contributed by atoms with Crippen LogP contribution in [0.5, 0.6) is 0 Å². The molecule has 2 atom stereocenters. The van der Waals surface area contributed by atoms with Crippen LogP contribution in [0.3, 0.4) is 0 Å². The van der Waals surface area contributed by atoms with Gasteiger partial charge in [0.05, 0.1) is 0 Å². The second-order valence-corrected chi connectivity index (χ2v) is 7.70. The number of rotatable bonds is 5. The van der Waals surface area contributed by atoms with Gasteiger partial charge in [-0.05, 0) is 56.7 Å². The SMILES string of the molecule is CC(c1cc2ccccc2s1)N(CC1CCCN1)C1CC1. The smallest absolute Gasteiger partial charge is 0.0417 e. The molecule has 1 saturated carbocycles. The van der Waals surface area contributed by atoms with Gasteiger partial charge in [0.15, 0.2) is 0 Å². The first-order valence-corrected chi connectivity index (χ1v) is 9.10. The van der Waals surface area contributed by atoms with Gasteiger partial charge in [0.25, 0.3) is 0 Å². The lowest BCUT2D eigenvalue weighted by Gasteiger charge is -2.31. The van der Waals surface area contributed by atoms with Crippen molar-refractivity contribution in [3.05, 3.63) is 35.2 Å². The van der Waals surface area contributed by atoms with Gasteiger partial charge >= 0.3 is 0 Å². The molecule has 0 bridgehead atoms. The van der Waals surface area contributed by atoms with Crippen molar-refractivity contribution in [3.8, 4) is 0 Å². The lowest BCUT2D eigenvalue weighted by molar-refractivity contribution is 0.184. The first-order chi connectivity index (χ1) is 10.3. The molecular weight excluding hydrogens is 276 g/mol. The fourth-order valence-corrected chi connectivity index (χ4v) is 4.71. The third-order valence-corrected chi connectivity index (χ3v) is 6.25. The minimum atomic E-state index is 0.553. The van der Waals surface area contributed by atoms with Gasteiger partial charge in [-0.3, -0.25) is 4.90 Å². The first kappa shape index (κ1) is 13.7. The Morgan fingerprint density at radius 1 is 1.29 bits per heavy atom. The van der Waals surface area contributed by atoms with Crippen LogP contribution in [0.2, 0.25) is 0 Å². The lowest BCUT2D eigenvalue weighted by atomic mass is 10.1. The molecule has 0 amide bonds. The van der Waals surface area contributed by atoms with Gasteiger partial charge in [0, 0.05) is 34.2 Å². The minimum Gasteiger partial charge on any atom is -0.313 e. The molecule has 1 aliphatic carbocycles. The van der Waals surface area contributed by atoms with E-state index in [-0.39, 0.29) is 0 Å². The van der Waals surface area contributed by atoms with Gasteiger partial charge in [-0.2, -0.15) is 0 Å². The molecule has 1 aromatic heterocycles. The Morgan fingerprint density at radius 2 is 2.14 bits per heavy atom. The van der Waals surface area contributed by atoms with E-state index in [1.54, 1.807) is 0 Å². The van der Waals surface area contributed by atoms with E-state index in [1.807, 2.05) is 11.3 Å². The van der Waals surface area contributed by atoms with Crippen LogP contribution in [0.4, 0.5) is 0 Å². The van der Waals surface area contributed by atoms with Gasteiger partial charge in [0.1, 0.15) is 0 Å². The third kappa shape index (κ3) is 2.87. The van der Waals surface area contributed by atoms with E-state index >= 15 is 0 Å². The fourth-order valence-electron chi connectivity index (χ4n) is 3.57. The number of nitrogens with zero attached hydrogens (tertiary/aromatic N) is 1. The Kier molecular flexibility index (Phi) is 3.74. The minimum absolute atomic E-state index is 0.553. The highest BCUT2D eigenvalue weighted by Crippen LogP contribution is 2.38. The quantitative estimate of drug-likeness (QED) is 0.891. The molecule has 3 heteroatoms. The number of fused-ring (bicyclic) bond motifs is 1. The van der Waals surface area contributed by atoms with E-state index in [2.05, 4.69) is 47.5 Å². The number of hydrogen-bond acceptors (Lipinski definition) is 3. The number of hydrogen-bond donors (Lipinski definition) is 1. The average molecular weight is 300 g/mol. The van der Waals surface area contributed by atoms with E-state index in [1.165, 1.54) is 53.7 Å². The van der Waals surface area contributed by atoms with E-state index < -0.39 is 0 Å². The van der Waals surface area contributed by atoms with Crippen LogP contribution < -0.4 is 5.32 Å². The van der Waals surface area contributed by atoms with Gasteiger partial charge in [0.2, 0.25) is 0 Å². The summed E-state index contributed by atoms with van der Waals surface area (Å²) in [5, 5.41) is 5.07. The molecule has 1 N–H and O–H groups in total. The van der Waals surface area contributed by atoms with Crippen LogP contribution in [0.15, 0.2) is 30.3 Å². The summed E-state index contributed by atoms with van der Waals surface area (Å²) in [5.74, 6) is 0. The maximum Gasteiger partial charge on any atom is 0.0417 e. The third-order valence-electron chi connectivity index (χ3n) is 4.96. The number of thiophene rings is 1. The van der Waals surface area contributed by atoms with Crippen LogP contribution in [-0.2, 0) is 0 Å². The molecule has 2 fully saturated rings. The standard InChI is InChI=1S/C18H24N2S/c1-13(18-11-14-5-2-3-7-17(14)21-18)20(16-8-9-16)12-15-6-4-10-19-15/h2-3,5,7,11,13,15-16,19H,4,6,8-10,12H2,1H3. The van der Waals surface area contributed by atoms with E-state index in [9.17, 15) is 0 Å². The fraction of sp³-hybridized carbons (Fsp3) is 0.556. The summed E-state index contributed by atoms with van der Waals surface area (Å²) >= 11 is 1.97.